The Hall–Kier alpha value is -2.91. The van der Waals surface area contributed by atoms with Crippen LogP contribution >= 0.6 is 11.3 Å². The van der Waals surface area contributed by atoms with Gasteiger partial charge in [-0.2, -0.15) is 0 Å². The summed E-state index contributed by atoms with van der Waals surface area (Å²) in [6.45, 7) is 6.97. The van der Waals surface area contributed by atoms with E-state index in [9.17, 15) is 9.59 Å². The van der Waals surface area contributed by atoms with E-state index in [0.717, 1.165) is 25.1 Å². The summed E-state index contributed by atoms with van der Waals surface area (Å²) in [5.74, 6) is -0.122. The maximum absolute atomic E-state index is 13.8. The molecule has 3 heterocycles. The second-order valence-corrected chi connectivity index (χ2v) is 8.67. The highest BCUT2D eigenvalue weighted by molar-refractivity contribution is 7.13. The maximum Gasteiger partial charge on any atom is 0.329 e. The molecule has 1 atom stereocenters. The number of anilines is 1. The monoisotopic (exact) mass is 440 g/mol. The molecule has 1 aromatic carbocycles. The third-order valence-electron chi connectivity index (χ3n) is 5.75. The van der Waals surface area contributed by atoms with Gasteiger partial charge in [0.1, 0.15) is 5.69 Å². The summed E-state index contributed by atoms with van der Waals surface area (Å²) in [5, 5.41) is 5.56. The number of imidazole rings is 1. The quantitative estimate of drug-likeness (QED) is 0.613. The predicted octanol–water partition coefficient (Wildman–Crippen LogP) is 2.42. The number of hydrogen-bond acceptors (Lipinski definition) is 6. The van der Waals surface area contributed by atoms with Gasteiger partial charge in [-0.25, -0.2) is 9.78 Å². The van der Waals surface area contributed by atoms with E-state index in [1.165, 1.54) is 11.3 Å². The number of rotatable bonds is 6. The zero-order valence-corrected chi connectivity index (χ0v) is 18.7. The van der Waals surface area contributed by atoms with E-state index in [1.807, 2.05) is 54.5 Å². The Balaban J connectivity index is 1.95. The van der Waals surface area contributed by atoms with E-state index in [0.29, 0.717) is 35.3 Å². The summed E-state index contributed by atoms with van der Waals surface area (Å²) in [5.41, 5.74) is 8.25. The molecule has 9 heteroatoms. The van der Waals surface area contributed by atoms with Crippen molar-refractivity contribution < 1.29 is 4.79 Å². The molecule has 164 valence electrons. The molecule has 0 aliphatic carbocycles. The summed E-state index contributed by atoms with van der Waals surface area (Å²) in [6, 6.07) is 9.64. The lowest BCUT2D eigenvalue weighted by atomic mass is 10.1. The molecule has 0 radical (unpaired) electrons. The summed E-state index contributed by atoms with van der Waals surface area (Å²) >= 11 is 1.33. The first kappa shape index (κ1) is 21.3. The van der Waals surface area contributed by atoms with Gasteiger partial charge in [0.25, 0.3) is 5.91 Å². The molecule has 1 amide bonds. The number of piperazine rings is 1. The van der Waals surface area contributed by atoms with Crippen molar-refractivity contribution in [3.05, 3.63) is 57.6 Å². The molecule has 1 aliphatic rings. The summed E-state index contributed by atoms with van der Waals surface area (Å²) in [6.07, 6.45) is 0.772. The molecule has 1 saturated heterocycles. The molecule has 3 aromatic rings. The van der Waals surface area contributed by atoms with Gasteiger partial charge in [0, 0.05) is 43.2 Å². The molecular weight excluding hydrogens is 412 g/mol. The van der Waals surface area contributed by atoms with Crippen LogP contribution in [0.15, 0.2) is 40.5 Å². The zero-order valence-electron chi connectivity index (χ0n) is 17.9. The van der Waals surface area contributed by atoms with Gasteiger partial charge in [-0.3, -0.25) is 13.9 Å². The average molecular weight is 441 g/mol. The van der Waals surface area contributed by atoms with Crippen molar-refractivity contribution in [3.63, 3.8) is 0 Å². The Morgan fingerprint density at radius 2 is 1.97 bits per heavy atom. The van der Waals surface area contributed by atoms with Gasteiger partial charge in [-0.05, 0) is 13.3 Å². The lowest BCUT2D eigenvalue weighted by molar-refractivity contribution is 0.0725. The van der Waals surface area contributed by atoms with Crippen molar-refractivity contribution in [1.82, 2.24) is 24.3 Å². The Morgan fingerprint density at radius 1 is 1.26 bits per heavy atom. The number of nitrogens with one attached hydrogen (secondary N) is 1. The zero-order chi connectivity index (χ0) is 22.0. The standard InChI is InChI=1S/C22H28N6O2S/c1-3-15(2)28-18(16-7-5-4-6-8-16)19(20(29)26-11-9-24-10-12-26)27(22(28)30)13-17-14-31-21(23)25-17/h4-8,14-15,24H,3,9-13H2,1-2H3,(H2,23,25). The predicted molar refractivity (Wildman–Crippen MR) is 124 cm³/mol. The number of hydrogen-bond donors (Lipinski definition) is 2. The number of nitrogen functional groups attached to an aromatic ring is 1. The van der Waals surface area contributed by atoms with Crippen LogP contribution in [0.25, 0.3) is 11.3 Å². The van der Waals surface area contributed by atoms with Crippen LogP contribution in [-0.2, 0) is 6.54 Å². The van der Waals surface area contributed by atoms with Crippen LogP contribution in [0, 0.1) is 0 Å². The minimum atomic E-state index is -0.196. The number of carbonyl (C=O) groups excluding carboxylic acids is 1. The molecule has 2 aromatic heterocycles. The molecule has 0 bridgehead atoms. The van der Waals surface area contributed by atoms with Crippen molar-refractivity contribution >= 4 is 22.4 Å². The fourth-order valence-electron chi connectivity index (χ4n) is 3.96. The normalized spacial score (nSPS) is 15.2. The highest BCUT2D eigenvalue weighted by Gasteiger charge is 2.31. The van der Waals surface area contributed by atoms with E-state index >= 15 is 0 Å². The summed E-state index contributed by atoms with van der Waals surface area (Å²) < 4.78 is 3.34. The molecule has 1 fully saturated rings. The van der Waals surface area contributed by atoms with Crippen LogP contribution in [0.5, 0.6) is 0 Å². The third kappa shape index (κ3) is 4.15. The van der Waals surface area contributed by atoms with E-state index in [-0.39, 0.29) is 24.2 Å². The van der Waals surface area contributed by atoms with Crippen molar-refractivity contribution in [2.24, 2.45) is 0 Å². The number of carbonyl (C=O) groups is 1. The lowest BCUT2D eigenvalue weighted by Crippen LogP contribution is -2.47. The maximum atomic E-state index is 13.8. The molecule has 0 spiro atoms. The van der Waals surface area contributed by atoms with Crippen LogP contribution < -0.4 is 16.7 Å². The first-order valence-corrected chi connectivity index (χ1v) is 11.5. The van der Waals surface area contributed by atoms with Crippen molar-refractivity contribution in [2.45, 2.75) is 32.9 Å². The Kier molecular flexibility index (Phi) is 6.24. The average Bonchev–Trinajstić information content (AvgIpc) is 3.34. The highest BCUT2D eigenvalue weighted by Crippen LogP contribution is 2.29. The number of amides is 1. The van der Waals surface area contributed by atoms with Gasteiger partial charge in [0.15, 0.2) is 5.13 Å². The topological polar surface area (TPSA) is 98.2 Å². The van der Waals surface area contributed by atoms with Crippen molar-refractivity contribution in [3.8, 4) is 11.3 Å². The Morgan fingerprint density at radius 3 is 2.58 bits per heavy atom. The number of thiazole rings is 1. The number of benzene rings is 1. The molecule has 4 rings (SSSR count). The lowest BCUT2D eigenvalue weighted by Gasteiger charge is -2.28. The SMILES string of the molecule is CCC(C)n1c(-c2ccccc2)c(C(=O)N2CCNCC2)n(Cc2csc(N)n2)c1=O. The van der Waals surface area contributed by atoms with Gasteiger partial charge in [0.2, 0.25) is 0 Å². The third-order valence-corrected chi connectivity index (χ3v) is 6.47. The minimum Gasteiger partial charge on any atom is -0.375 e. The Labute approximate surface area is 185 Å². The van der Waals surface area contributed by atoms with Crippen LogP contribution in [0.2, 0.25) is 0 Å². The molecule has 0 saturated carbocycles. The van der Waals surface area contributed by atoms with Crippen LogP contribution in [0.4, 0.5) is 5.13 Å². The fraction of sp³-hybridized carbons (Fsp3) is 0.409. The van der Waals surface area contributed by atoms with Gasteiger partial charge in [-0.1, -0.05) is 37.3 Å². The van der Waals surface area contributed by atoms with Crippen molar-refractivity contribution in [2.75, 3.05) is 31.9 Å². The molecular formula is C22H28N6O2S. The smallest absolute Gasteiger partial charge is 0.329 e. The largest absolute Gasteiger partial charge is 0.375 e. The number of nitrogens with zero attached hydrogens (tertiary/aromatic N) is 4. The molecule has 3 N–H and O–H groups in total. The van der Waals surface area contributed by atoms with Crippen LogP contribution in [0.3, 0.4) is 0 Å². The number of nitrogens with two attached hydrogens (primary N) is 1. The van der Waals surface area contributed by atoms with Gasteiger partial charge in [0.05, 0.1) is 17.9 Å². The fourth-order valence-corrected chi connectivity index (χ4v) is 4.52. The van der Waals surface area contributed by atoms with E-state index in [4.69, 9.17) is 5.73 Å². The second kappa shape index (κ2) is 9.07. The van der Waals surface area contributed by atoms with Gasteiger partial charge in [-0.15, -0.1) is 11.3 Å². The van der Waals surface area contributed by atoms with Gasteiger partial charge < -0.3 is 16.0 Å². The second-order valence-electron chi connectivity index (χ2n) is 7.78. The van der Waals surface area contributed by atoms with Crippen LogP contribution in [0.1, 0.15) is 42.5 Å². The molecule has 1 unspecified atom stereocenters. The Bertz CT molecular complexity index is 1110. The first-order chi connectivity index (χ1) is 15.0. The first-order valence-electron chi connectivity index (χ1n) is 10.6. The number of aromatic nitrogens is 3. The molecule has 1 aliphatic heterocycles. The van der Waals surface area contributed by atoms with Gasteiger partial charge >= 0.3 is 5.69 Å². The van der Waals surface area contributed by atoms with E-state index in [1.54, 1.807) is 9.13 Å². The van der Waals surface area contributed by atoms with Crippen molar-refractivity contribution in [1.29, 1.82) is 0 Å². The van der Waals surface area contributed by atoms with Crippen LogP contribution in [-0.4, -0.2) is 51.1 Å². The van der Waals surface area contributed by atoms with E-state index in [2.05, 4.69) is 10.3 Å². The summed E-state index contributed by atoms with van der Waals surface area (Å²) in [4.78, 5) is 33.6. The summed E-state index contributed by atoms with van der Waals surface area (Å²) in [7, 11) is 0. The van der Waals surface area contributed by atoms with E-state index < -0.39 is 0 Å². The highest BCUT2D eigenvalue weighted by atomic mass is 32.1. The minimum absolute atomic E-state index is 0.0565. The molecule has 31 heavy (non-hydrogen) atoms. The molecule has 8 nitrogen and oxygen atoms in total.